The number of ether oxygens (including phenoxy) is 4. The molecule has 2 bridgehead atoms. The van der Waals surface area contributed by atoms with Gasteiger partial charge in [-0.15, -0.1) is 0 Å². The minimum absolute atomic E-state index is 0.0273. The average Bonchev–Trinajstić information content (AvgIpc) is 3.24. The van der Waals surface area contributed by atoms with Crippen LogP contribution in [0, 0.1) is 34.0 Å². The van der Waals surface area contributed by atoms with Crippen LogP contribution in [0.4, 0.5) is 0 Å². The Morgan fingerprint density at radius 1 is 1.08 bits per heavy atom. The Balaban J connectivity index is 1.68. The molecule has 0 heterocycles. The van der Waals surface area contributed by atoms with Crippen molar-refractivity contribution in [1.29, 1.82) is 0 Å². The second-order valence-corrected chi connectivity index (χ2v) is 12.0. The number of hydrogen-bond acceptors (Lipinski definition) is 6. The lowest BCUT2D eigenvalue weighted by molar-refractivity contribution is -0.248. The lowest BCUT2D eigenvalue weighted by Gasteiger charge is -2.63. The summed E-state index contributed by atoms with van der Waals surface area (Å²) < 4.78 is 24.4. The zero-order chi connectivity index (χ0) is 26.0. The van der Waals surface area contributed by atoms with Crippen molar-refractivity contribution < 1.29 is 28.8 Å². The van der Waals surface area contributed by atoms with Gasteiger partial charge in [-0.1, -0.05) is 58.0 Å². The number of ketones is 1. The number of rotatable bonds is 10. The van der Waals surface area contributed by atoms with Crippen LogP contribution >= 0.6 is 0 Å². The largest absolute Gasteiger partial charge is 0.396 e. The molecule has 1 aromatic carbocycles. The van der Waals surface area contributed by atoms with E-state index in [1.807, 2.05) is 18.2 Å². The van der Waals surface area contributed by atoms with E-state index < -0.39 is 5.41 Å². The number of hydrogen-bond donors (Lipinski definition) is 1. The summed E-state index contributed by atoms with van der Waals surface area (Å²) in [5.74, 6) is 0.388. The number of Topliss-reactive ketones (excluding diaryl/α,β-unsaturated/α-hetero) is 1. The average molecular weight is 503 g/mol. The Morgan fingerprint density at radius 2 is 1.83 bits per heavy atom. The van der Waals surface area contributed by atoms with Gasteiger partial charge < -0.3 is 24.1 Å². The fourth-order valence-corrected chi connectivity index (χ4v) is 8.24. The monoisotopic (exact) mass is 502 g/mol. The van der Waals surface area contributed by atoms with Crippen LogP contribution in [0.15, 0.2) is 30.3 Å². The number of carbonyl (C=O) groups excluding carboxylic acids is 1. The summed E-state index contributed by atoms with van der Waals surface area (Å²) in [6.45, 7) is 10.0. The Bertz CT molecular complexity index is 875. The van der Waals surface area contributed by atoms with Crippen LogP contribution in [0.2, 0.25) is 0 Å². The summed E-state index contributed by atoms with van der Waals surface area (Å²) in [5.41, 5.74) is 0.332. The van der Waals surface area contributed by atoms with Crippen molar-refractivity contribution in [2.24, 2.45) is 34.0 Å². The first kappa shape index (κ1) is 27.7. The minimum atomic E-state index is -0.446. The Labute approximate surface area is 217 Å². The van der Waals surface area contributed by atoms with Crippen molar-refractivity contribution in [3.05, 3.63) is 35.9 Å². The van der Waals surface area contributed by atoms with Crippen LogP contribution in [-0.4, -0.2) is 50.4 Å². The fourth-order valence-electron chi connectivity index (χ4n) is 8.24. The van der Waals surface area contributed by atoms with Crippen molar-refractivity contribution in [3.63, 3.8) is 0 Å². The normalized spacial score (nSPS) is 40.5. The van der Waals surface area contributed by atoms with Crippen molar-refractivity contribution in [3.8, 4) is 0 Å². The van der Waals surface area contributed by atoms with E-state index in [4.69, 9.17) is 18.9 Å². The van der Waals surface area contributed by atoms with Crippen LogP contribution in [0.5, 0.6) is 0 Å². The molecule has 6 heteroatoms. The molecule has 0 aliphatic heterocycles. The van der Waals surface area contributed by atoms with E-state index >= 15 is 0 Å². The molecule has 3 saturated carbocycles. The maximum atomic E-state index is 13.6. The predicted molar refractivity (Wildman–Crippen MR) is 138 cm³/mol. The highest BCUT2D eigenvalue weighted by Crippen LogP contribution is 2.68. The van der Waals surface area contributed by atoms with Gasteiger partial charge in [-0.25, -0.2) is 0 Å². The smallest absolute Gasteiger partial charge is 0.147 e. The first-order valence-electron chi connectivity index (χ1n) is 13.7. The lowest BCUT2D eigenvalue weighted by atomic mass is 9.43. The molecule has 0 spiro atoms. The van der Waals surface area contributed by atoms with E-state index in [1.165, 1.54) is 0 Å². The molecule has 0 saturated heterocycles. The first-order chi connectivity index (χ1) is 17.3. The first-order valence-corrected chi connectivity index (χ1v) is 13.7. The quantitative estimate of drug-likeness (QED) is 0.343. The van der Waals surface area contributed by atoms with Gasteiger partial charge in [0.1, 0.15) is 19.4 Å². The molecule has 0 radical (unpaired) electrons. The third-order valence-electron chi connectivity index (χ3n) is 10.4. The summed E-state index contributed by atoms with van der Waals surface area (Å²) in [7, 11) is 1.64. The Kier molecular flexibility index (Phi) is 8.63. The number of methoxy groups -OCH3 is 1. The molecule has 6 nitrogen and oxygen atoms in total. The molecule has 3 aliphatic rings. The molecule has 202 valence electrons. The van der Waals surface area contributed by atoms with Crippen LogP contribution in [0.3, 0.4) is 0 Å². The van der Waals surface area contributed by atoms with Gasteiger partial charge in [0.15, 0.2) is 0 Å². The lowest BCUT2D eigenvalue weighted by Crippen LogP contribution is -2.64. The molecular formula is C30H46O6. The number of aliphatic hydroxyl groups excluding tert-OH is 1. The molecule has 4 rings (SSSR count). The highest BCUT2D eigenvalue weighted by atomic mass is 16.7. The summed E-state index contributed by atoms with van der Waals surface area (Å²) in [4.78, 5) is 13.6. The van der Waals surface area contributed by atoms with Crippen LogP contribution < -0.4 is 0 Å². The van der Waals surface area contributed by atoms with Crippen LogP contribution in [0.1, 0.15) is 71.8 Å². The molecule has 1 unspecified atom stereocenters. The maximum Gasteiger partial charge on any atom is 0.147 e. The van der Waals surface area contributed by atoms with Crippen LogP contribution in [-0.2, 0) is 30.3 Å². The van der Waals surface area contributed by atoms with Gasteiger partial charge in [0.05, 0.1) is 18.8 Å². The zero-order valence-electron chi connectivity index (χ0n) is 22.8. The van der Waals surface area contributed by atoms with Gasteiger partial charge in [0.25, 0.3) is 0 Å². The third kappa shape index (κ3) is 4.69. The SMILES string of the molecule is CC[C@]1(C)C[C@@H](OCOC)[C@@]2(C)C3C(=O)CC[C@@]3(CC[C@H]2CO)[C@H](C)[C@@H]1OCOCc1ccccc1. The van der Waals surface area contributed by atoms with E-state index in [9.17, 15) is 9.90 Å². The zero-order valence-corrected chi connectivity index (χ0v) is 22.8. The van der Waals surface area contributed by atoms with E-state index in [0.29, 0.717) is 18.8 Å². The highest BCUT2D eigenvalue weighted by molar-refractivity contribution is 5.85. The van der Waals surface area contributed by atoms with Crippen molar-refractivity contribution >= 4 is 5.78 Å². The second kappa shape index (κ2) is 11.2. The highest BCUT2D eigenvalue weighted by Gasteiger charge is 2.68. The van der Waals surface area contributed by atoms with Crippen molar-refractivity contribution in [2.45, 2.75) is 85.0 Å². The van der Waals surface area contributed by atoms with Gasteiger partial charge >= 0.3 is 0 Å². The van der Waals surface area contributed by atoms with Gasteiger partial charge in [0, 0.05) is 31.5 Å². The summed E-state index contributed by atoms with van der Waals surface area (Å²) >= 11 is 0. The second-order valence-electron chi connectivity index (χ2n) is 12.0. The fraction of sp³-hybridized carbons (Fsp3) is 0.767. The molecular weight excluding hydrogens is 456 g/mol. The summed E-state index contributed by atoms with van der Waals surface area (Å²) in [6, 6.07) is 10.1. The Hall–Kier alpha value is -1.31. The van der Waals surface area contributed by atoms with E-state index in [-0.39, 0.29) is 61.0 Å². The van der Waals surface area contributed by atoms with E-state index in [0.717, 1.165) is 37.7 Å². The molecule has 36 heavy (non-hydrogen) atoms. The van der Waals surface area contributed by atoms with Gasteiger partial charge in [-0.3, -0.25) is 4.79 Å². The molecule has 1 N–H and O–H groups in total. The van der Waals surface area contributed by atoms with E-state index in [2.05, 4.69) is 39.8 Å². The topological polar surface area (TPSA) is 74.2 Å². The van der Waals surface area contributed by atoms with Gasteiger partial charge in [-0.05, 0) is 60.3 Å². The van der Waals surface area contributed by atoms with Crippen LogP contribution in [0.25, 0.3) is 0 Å². The standard InChI is InChI=1S/C30H46O6/c1-6-28(3)16-25(35-19-33-5)29(4)23(17-31)12-14-30(15-13-24(32)26(29)30)21(2)27(28)36-20-34-18-22-10-8-7-9-11-22/h7-11,21,23,25-27,31H,6,12-20H2,1-5H3/t21-,23+,25-,26?,27+,28-,29+,30+/m1/s1. The number of carbonyl (C=O) groups is 1. The van der Waals surface area contributed by atoms with Crippen molar-refractivity contribution in [1.82, 2.24) is 0 Å². The molecule has 0 amide bonds. The van der Waals surface area contributed by atoms with Gasteiger partial charge in [0.2, 0.25) is 0 Å². The molecule has 8 atom stereocenters. The maximum absolute atomic E-state index is 13.6. The molecule has 1 aromatic rings. The van der Waals surface area contributed by atoms with E-state index in [1.54, 1.807) is 7.11 Å². The minimum Gasteiger partial charge on any atom is -0.396 e. The summed E-state index contributed by atoms with van der Waals surface area (Å²) in [6.07, 6.45) is 4.69. The Morgan fingerprint density at radius 3 is 2.50 bits per heavy atom. The number of benzene rings is 1. The number of aliphatic hydroxyl groups is 1. The molecule has 3 aliphatic carbocycles. The third-order valence-corrected chi connectivity index (χ3v) is 10.4. The predicted octanol–water partition coefficient (Wildman–Crippen LogP) is 5.37. The van der Waals surface area contributed by atoms with Crippen molar-refractivity contribution in [2.75, 3.05) is 27.3 Å². The summed E-state index contributed by atoms with van der Waals surface area (Å²) in [5, 5.41) is 10.5. The van der Waals surface area contributed by atoms with Gasteiger partial charge in [-0.2, -0.15) is 0 Å². The molecule has 0 aromatic heterocycles. The molecule has 3 fully saturated rings.